The van der Waals surface area contributed by atoms with Gasteiger partial charge >= 0.3 is 0 Å². The summed E-state index contributed by atoms with van der Waals surface area (Å²) in [7, 11) is 0. The van der Waals surface area contributed by atoms with Crippen molar-refractivity contribution in [2.45, 2.75) is 0 Å². The largest absolute Gasteiger partial charge is 0.329 e. The molecule has 2 N–H and O–H groups in total. The van der Waals surface area contributed by atoms with Crippen molar-refractivity contribution < 1.29 is 0 Å². The van der Waals surface area contributed by atoms with Crippen LogP contribution in [0.1, 0.15) is 0 Å². The summed E-state index contributed by atoms with van der Waals surface area (Å²) in [6.07, 6.45) is 1.54. The van der Waals surface area contributed by atoms with Crippen molar-refractivity contribution in [3.05, 3.63) is 28.7 Å². The van der Waals surface area contributed by atoms with Crippen LogP contribution in [-0.4, -0.2) is 25.6 Å². The molecule has 0 aliphatic heterocycles. The number of halogens is 1. The minimum Gasteiger partial charge on any atom is -0.329 e. The summed E-state index contributed by atoms with van der Waals surface area (Å²) in [5.74, 6) is 0.418. The molecular formula is C6H6ClN5O. The van der Waals surface area contributed by atoms with Crippen molar-refractivity contribution >= 4 is 12.4 Å². The van der Waals surface area contributed by atoms with Gasteiger partial charge in [-0.15, -0.1) is 22.6 Å². The maximum atomic E-state index is 10.8. The molecule has 0 saturated heterocycles. The number of tetrazole rings is 1. The number of H-pyrrole nitrogens is 2. The van der Waals surface area contributed by atoms with E-state index in [0.717, 1.165) is 0 Å². The van der Waals surface area contributed by atoms with Gasteiger partial charge in [-0.25, -0.2) is 0 Å². The molecule has 6 nitrogen and oxygen atoms in total. The van der Waals surface area contributed by atoms with Crippen molar-refractivity contribution in [2.24, 2.45) is 0 Å². The summed E-state index contributed by atoms with van der Waals surface area (Å²) in [4.78, 5) is 13.3. The molecule has 0 radical (unpaired) electrons. The fourth-order valence-electron chi connectivity index (χ4n) is 0.868. The highest BCUT2D eigenvalue weighted by Gasteiger charge is 2.01. The van der Waals surface area contributed by atoms with Gasteiger partial charge in [0.05, 0.1) is 0 Å². The van der Waals surface area contributed by atoms with Crippen LogP contribution in [-0.2, 0) is 0 Å². The predicted octanol–water partition coefficient (Wildman–Crippen LogP) is -0.0232. The van der Waals surface area contributed by atoms with Crippen molar-refractivity contribution in [2.75, 3.05) is 0 Å². The maximum absolute atomic E-state index is 10.8. The van der Waals surface area contributed by atoms with E-state index < -0.39 is 0 Å². The van der Waals surface area contributed by atoms with Gasteiger partial charge in [-0.05, 0) is 11.3 Å². The van der Waals surface area contributed by atoms with Crippen molar-refractivity contribution in [3.8, 4) is 11.4 Å². The average molecular weight is 200 g/mol. The molecule has 0 fully saturated rings. The van der Waals surface area contributed by atoms with Crippen LogP contribution in [0.25, 0.3) is 11.4 Å². The van der Waals surface area contributed by atoms with Gasteiger partial charge in [0.2, 0.25) is 11.4 Å². The molecule has 0 saturated carbocycles. The van der Waals surface area contributed by atoms with Gasteiger partial charge in [0, 0.05) is 17.8 Å². The first-order valence-corrected chi connectivity index (χ1v) is 3.29. The highest BCUT2D eigenvalue weighted by Crippen LogP contribution is 2.07. The van der Waals surface area contributed by atoms with Crippen molar-refractivity contribution in [1.29, 1.82) is 0 Å². The van der Waals surface area contributed by atoms with Gasteiger partial charge in [-0.3, -0.25) is 4.79 Å². The van der Waals surface area contributed by atoms with Gasteiger partial charge in [0.1, 0.15) is 0 Å². The summed E-state index contributed by atoms with van der Waals surface area (Å²) in [5.41, 5.74) is 0.463. The second-order valence-corrected chi connectivity index (χ2v) is 2.18. The molecule has 2 aromatic heterocycles. The first kappa shape index (κ1) is 9.40. The molecule has 0 aliphatic carbocycles. The van der Waals surface area contributed by atoms with Crippen LogP contribution in [0, 0.1) is 0 Å². The van der Waals surface area contributed by atoms with Crippen LogP contribution in [0.4, 0.5) is 0 Å². The van der Waals surface area contributed by atoms with E-state index in [0.29, 0.717) is 11.4 Å². The van der Waals surface area contributed by atoms with E-state index in [9.17, 15) is 4.79 Å². The summed E-state index contributed by atoms with van der Waals surface area (Å²) < 4.78 is 0. The van der Waals surface area contributed by atoms with Crippen LogP contribution in [0.3, 0.4) is 0 Å². The van der Waals surface area contributed by atoms with Crippen LogP contribution in [0.5, 0.6) is 0 Å². The molecule has 0 spiro atoms. The Morgan fingerprint density at radius 1 is 1.38 bits per heavy atom. The highest BCUT2D eigenvalue weighted by molar-refractivity contribution is 5.85. The first-order chi connectivity index (χ1) is 5.86. The predicted molar refractivity (Wildman–Crippen MR) is 47.5 cm³/mol. The number of rotatable bonds is 1. The van der Waals surface area contributed by atoms with Gasteiger partial charge in [0.25, 0.3) is 0 Å². The summed E-state index contributed by atoms with van der Waals surface area (Å²) in [6, 6.07) is 3.11. The number of aromatic nitrogens is 5. The lowest BCUT2D eigenvalue weighted by atomic mass is 10.2. The van der Waals surface area contributed by atoms with Crippen LogP contribution < -0.4 is 5.56 Å². The SMILES string of the molecule is Cl.O=c1cc(-c2nn[nH]n2)cc[nH]1. The Hall–Kier alpha value is -1.69. The van der Waals surface area contributed by atoms with Crippen LogP contribution in [0.15, 0.2) is 23.1 Å². The number of hydrogen-bond acceptors (Lipinski definition) is 4. The lowest BCUT2D eigenvalue weighted by molar-refractivity contribution is 0.881. The number of hydrogen-bond donors (Lipinski definition) is 2. The van der Waals surface area contributed by atoms with Gasteiger partial charge in [0.15, 0.2) is 0 Å². The van der Waals surface area contributed by atoms with Crippen LogP contribution >= 0.6 is 12.4 Å². The van der Waals surface area contributed by atoms with E-state index in [2.05, 4.69) is 25.6 Å². The molecule has 2 heterocycles. The molecule has 0 aromatic carbocycles. The van der Waals surface area contributed by atoms with E-state index in [4.69, 9.17) is 0 Å². The Labute approximate surface area is 78.8 Å². The third-order valence-corrected chi connectivity index (χ3v) is 1.38. The number of pyridine rings is 1. The molecule has 0 aliphatic rings. The normalized spacial score (nSPS) is 9.23. The zero-order chi connectivity index (χ0) is 8.39. The van der Waals surface area contributed by atoms with E-state index in [1.807, 2.05) is 0 Å². The number of nitrogens with one attached hydrogen (secondary N) is 2. The van der Waals surface area contributed by atoms with Crippen molar-refractivity contribution in [3.63, 3.8) is 0 Å². The molecule has 2 rings (SSSR count). The van der Waals surface area contributed by atoms with Crippen molar-refractivity contribution in [1.82, 2.24) is 25.6 Å². The monoisotopic (exact) mass is 199 g/mol. The smallest absolute Gasteiger partial charge is 0.248 e. The molecule has 13 heavy (non-hydrogen) atoms. The Balaban J connectivity index is 0.000000845. The van der Waals surface area contributed by atoms with E-state index in [-0.39, 0.29) is 18.0 Å². The van der Waals surface area contributed by atoms with Gasteiger partial charge in [-0.1, -0.05) is 0 Å². The van der Waals surface area contributed by atoms with Crippen LogP contribution in [0.2, 0.25) is 0 Å². The summed E-state index contributed by atoms with van der Waals surface area (Å²) in [5, 5.41) is 13.1. The second-order valence-electron chi connectivity index (χ2n) is 2.18. The highest BCUT2D eigenvalue weighted by atomic mass is 35.5. The quantitative estimate of drug-likeness (QED) is 0.676. The van der Waals surface area contributed by atoms with Gasteiger partial charge in [-0.2, -0.15) is 5.21 Å². The Bertz CT molecular complexity index is 423. The average Bonchev–Trinajstić information content (AvgIpc) is 2.56. The summed E-state index contributed by atoms with van der Waals surface area (Å²) in [6.45, 7) is 0. The van der Waals surface area contributed by atoms with E-state index in [1.54, 1.807) is 6.07 Å². The standard InChI is InChI=1S/C6H5N5O.ClH/c12-5-3-4(1-2-7-5)6-8-10-11-9-6;/h1-3H,(H,7,12)(H,8,9,10,11);1H. The molecule has 0 unspecified atom stereocenters. The lowest BCUT2D eigenvalue weighted by Gasteiger charge is -1.89. The third-order valence-electron chi connectivity index (χ3n) is 1.38. The zero-order valence-corrected chi connectivity index (χ0v) is 7.21. The Kier molecular flexibility index (Phi) is 2.76. The number of aromatic amines is 2. The minimum absolute atomic E-state index is 0. The molecule has 0 atom stereocenters. The topological polar surface area (TPSA) is 87.3 Å². The summed E-state index contributed by atoms with van der Waals surface area (Å²) >= 11 is 0. The van der Waals surface area contributed by atoms with E-state index in [1.165, 1.54) is 12.3 Å². The fraction of sp³-hybridized carbons (Fsp3) is 0. The van der Waals surface area contributed by atoms with Gasteiger partial charge < -0.3 is 4.98 Å². The molecule has 0 bridgehead atoms. The lowest BCUT2D eigenvalue weighted by Crippen LogP contribution is -2.02. The Morgan fingerprint density at radius 2 is 2.23 bits per heavy atom. The fourth-order valence-corrected chi connectivity index (χ4v) is 0.868. The Morgan fingerprint density at radius 3 is 2.85 bits per heavy atom. The molecule has 68 valence electrons. The second kappa shape index (κ2) is 3.81. The molecular weight excluding hydrogens is 194 g/mol. The first-order valence-electron chi connectivity index (χ1n) is 3.29. The third kappa shape index (κ3) is 1.91. The zero-order valence-electron chi connectivity index (χ0n) is 6.39. The number of nitrogens with zero attached hydrogens (tertiary/aromatic N) is 3. The molecule has 0 amide bonds. The maximum Gasteiger partial charge on any atom is 0.248 e. The minimum atomic E-state index is -0.183. The molecule has 2 aromatic rings. The van der Waals surface area contributed by atoms with E-state index >= 15 is 0 Å². The molecule has 7 heteroatoms.